The van der Waals surface area contributed by atoms with E-state index in [9.17, 15) is 4.79 Å². The van der Waals surface area contributed by atoms with Crippen molar-refractivity contribution in [2.24, 2.45) is 0 Å². The number of carbonyl (C=O) groups is 1. The van der Waals surface area contributed by atoms with Crippen LogP contribution in [0.3, 0.4) is 0 Å². The highest BCUT2D eigenvalue weighted by molar-refractivity contribution is 5.80. The van der Waals surface area contributed by atoms with Crippen LogP contribution >= 0.6 is 0 Å². The third kappa shape index (κ3) is 4.29. The second-order valence-electron chi connectivity index (χ2n) is 5.86. The van der Waals surface area contributed by atoms with Crippen molar-refractivity contribution in [2.45, 2.75) is 26.1 Å². The van der Waals surface area contributed by atoms with Gasteiger partial charge in [0.1, 0.15) is 12.4 Å². The molecule has 1 atom stereocenters. The zero-order valence-corrected chi connectivity index (χ0v) is 14.3. The molecule has 0 unspecified atom stereocenters. The molecule has 3 rings (SSSR count). The van der Waals surface area contributed by atoms with Gasteiger partial charge in [0.25, 0.3) is 0 Å². The molecule has 0 radical (unpaired) electrons. The van der Waals surface area contributed by atoms with Gasteiger partial charge >= 0.3 is 6.09 Å². The molecule has 1 amide bonds. The molecule has 1 heterocycles. The molecule has 130 valence electrons. The molecule has 3 aromatic rings. The van der Waals surface area contributed by atoms with Crippen molar-refractivity contribution >= 4 is 17.0 Å². The Kier molecular flexibility index (Phi) is 5.18. The lowest BCUT2D eigenvalue weighted by atomic mass is 10.2. The Labute approximate surface area is 146 Å². The molecule has 0 saturated heterocycles. The number of nitrogens with one attached hydrogen (secondary N) is 1. The smallest absolute Gasteiger partial charge is 0.407 e. The molecule has 0 fully saturated rings. The number of ether oxygens (including phenoxy) is 2. The zero-order valence-electron chi connectivity index (χ0n) is 14.3. The van der Waals surface area contributed by atoms with Gasteiger partial charge in [-0.3, -0.25) is 4.68 Å². The Morgan fingerprint density at radius 2 is 2.04 bits per heavy atom. The highest BCUT2D eigenvalue weighted by Gasteiger charge is 2.12. The minimum atomic E-state index is -0.439. The van der Waals surface area contributed by atoms with Crippen molar-refractivity contribution in [1.82, 2.24) is 15.1 Å². The van der Waals surface area contributed by atoms with Gasteiger partial charge in [-0.15, -0.1) is 0 Å². The number of hydrogen-bond donors (Lipinski definition) is 1. The molecule has 1 N–H and O–H groups in total. The molecule has 1 aromatic heterocycles. The van der Waals surface area contributed by atoms with E-state index in [-0.39, 0.29) is 12.6 Å². The summed E-state index contributed by atoms with van der Waals surface area (Å²) in [5.41, 5.74) is 1.92. The highest BCUT2D eigenvalue weighted by atomic mass is 16.5. The summed E-state index contributed by atoms with van der Waals surface area (Å²) in [5.74, 6) is 0.775. The Balaban J connectivity index is 1.57. The molecule has 25 heavy (non-hydrogen) atoms. The fourth-order valence-corrected chi connectivity index (χ4v) is 2.59. The van der Waals surface area contributed by atoms with E-state index in [2.05, 4.69) is 10.4 Å². The number of rotatable bonds is 6. The third-order valence-electron chi connectivity index (χ3n) is 3.88. The molecule has 0 bridgehead atoms. The standard InChI is InChI=1S/C19H21N3O3/c1-14(21-19(23)25-13-15-6-4-3-5-7-15)12-22-18-10-17(24-2)9-8-16(18)11-20-22/h3-11,14H,12-13H2,1-2H3,(H,21,23)/t14-/m0/s1. The molecule has 0 aliphatic rings. The first-order chi connectivity index (χ1) is 12.2. The van der Waals surface area contributed by atoms with Gasteiger partial charge in [0, 0.05) is 17.5 Å². The number of carbonyl (C=O) groups excluding carboxylic acids is 1. The predicted octanol–water partition coefficient (Wildman–Crippen LogP) is 3.36. The molecule has 6 heteroatoms. The van der Waals surface area contributed by atoms with E-state index in [1.807, 2.05) is 60.1 Å². The number of fused-ring (bicyclic) bond motifs is 1. The minimum absolute atomic E-state index is 0.127. The summed E-state index contributed by atoms with van der Waals surface area (Å²) < 4.78 is 12.3. The third-order valence-corrected chi connectivity index (χ3v) is 3.88. The number of alkyl carbamates (subject to hydrolysis) is 1. The van der Waals surface area contributed by atoms with Crippen LogP contribution in [-0.4, -0.2) is 29.0 Å². The molecule has 0 aliphatic heterocycles. The summed E-state index contributed by atoms with van der Waals surface area (Å²) in [6, 6.07) is 15.3. The van der Waals surface area contributed by atoms with Crippen LogP contribution in [-0.2, 0) is 17.9 Å². The summed E-state index contributed by atoms with van der Waals surface area (Å²) in [5, 5.41) is 8.24. The van der Waals surface area contributed by atoms with E-state index in [1.165, 1.54) is 0 Å². The van der Waals surface area contributed by atoms with Crippen LogP contribution in [0, 0.1) is 0 Å². The van der Waals surface area contributed by atoms with E-state index in [0.29, 0.717) is 6.54 Å². The quantitative estimate of drug-likeness (QED) is 0.748. The predicted molar refractivity (Wildman–Crippen MR) is 95.5 cm³/mol. The molecule has 0 spiro atoms. The van der Waals surface area contributed by atoms with Crippen LogP contribution in [0.15, 0.2) is 54.7 Å². The largest absolute Gasteiger partial charge is 0.497 e. The Hall–Kier alpha value is -3.02. The van der Waals surface area contributed by atoms with Crippen LogP contribution in [0.25, 0.3) is 10.9 Å². The first kappa shape index (κ1) is 16.8. The number of hydrogen-bond acceptors (Lipinski definition) is 4. The van der Waals surface area contributed by atoms with Crippen LogP contribution in [0.1, 0.15) is 12.5 Å². The van der Waals surface area contributed by atoms with E-state index < -0.39 is 6.09 Å². The Morgan fingerprint density at radius 3 is 2.80 bits per heavy atom. The van der Waals surface area contributed by atoms with Crippen molar-refractivity contribution < 1.29 is 14.3 Å². The van der Waals surface area contributed by atoms with E-state index in [4.69, 9.17) is 9.47 Å². The topological polar surface area (TPSA) is 65.4 Å². The average Bonchev–Trinajstić information content (AvgIpc) is 3.02. The monoisotopic (exact) mass is 339 g/mol. The van der Waals surface area contributed by atoms with Crippen molar-refractivity contribution in [3.63, 3.8) is 0 Å². The van der Waals surface area contributed by atoms with Crippen molar-refractivity contribution in [1.29, 1.82) is 0 Å². The van der Waals surface area contributed by atoms with Gasteiger partial charge in [0.2, 0.25) is 0 Å². The second kappa shape index (κ2) is 7.70. The van der Waals surface area contributed by atoms with Gasteiger partial charge in [-0.2, -0.15) is 5.10 Å². The average molecular weight is 339 g/mol. The first-order valence-electron chi connectivity index (χ1n) is 8.12. The lowest BCUT2D eigenvalue weighted by Crippen LogP contribution is -2.36. The first-order valence-corrected chi connectivity index (χ1v) is 8.12. The summed E-state index contributed by atoms with van der Waals surface area (Å²) in [4.78, 5) is 11.9. The zero-order chi connectivity index (χ0) is 17.6. The second-order valence-corrected chi connectivity index (χ2v) is 5.86. The van der Waals surface area contributed by atoms with Crippen LogP contribution in [0.2, 0.25) is 0 Å². The highest BCUT2D eigenvalue weighted by Crippen LogP contribution is 2.20. The van der Waals surface area contributed by atoms with E-state index in [0.717, 1.165) is 22.2 Å². The van der Waals surface area contributed by atoms with Crippen LogP contribution in [0.4, 0.5) is 4.79 Å². The molecular weight excluding hydrogens is 318 g/mol. The van der Waals surface area contributed by atoms with Crippen molar-refractivity contribution in [2.75, 3.05) is 7.11 Å². The van der Waals surface area contributed by atoms with Gasteiger partial charge in [-0.25, -0.2) is 4.79 Å². The SMILES string of the molecule is COc1ccc2cnn(C[C@H](C)NC(=O)OCc3ccccc3)c2c1. The van der Waals surface area contributed by atoms with Gasteiger partial charge in [0.15, 0.2) is 0 Å². The lowest BCUT2D eigenvalue weighted by Gasteiger charge is -2.15. The van der Waals surface area contributed by atoms with E-state index in [1.54, 1.807) is 13.3 Å². The molecule has 0 aliphatic carbocycles. The molecule has 2 aromatic carbocycles. The molecule has 6 nitrogen and oxygen atoms in total. The van der Waals surface area contributed by atoms with Crippen LogP contribution in [0.5, 0.6) is 5.75 Å². The lowest BCUT2D eigenvalue weighted by molar-refractivity contribution is 0.135. The maximum atomic E-state index is 11.9. The molecular formula is C19H21N3O3. The number of benzene rings is 2. The number of amides is 1. The van der Waals surface area contributed by atoms with E-state index >= 15 is 0 Å². The Bertz CT molecular complexity index is 846. The van der Waals surface area contributed by atoms with Crippen molar-refractivity contribution in [3.8, 4) is 5.75 Å². The summed E-state index contributed by atoms with van der Waals surface area (Å²) >= 11 is 0. The Morgan fingerprint density at radius 1 is 1.24 bits per heavy atom. The van der Waals surface area contributed by atoms with Gasteiger partial charge in [0.05, 0.1) is 25.4 Å². The number of aromatic nitrogens is 2. The number of nitrogens with zero attached hydrogens (tertiary/aromatic N) is 2. The summed E-state index contributed by atoms with van der Waals surface area (Å²) in [6.07, 6.45) is 1.36. The maximum Gasteiger partial charge on any atom is 0.407 e. The minimum Gasteiger partial charge on any atom is -0.497 e. The van der Waals surface area contributed by atoms with Crippen molar-refractivity contribution in [3.05, 3.63) is 60.3 Å². The fourth-order valence-electron chi connectivity index (χ4n) is 2.59. The normalized spacial score (nSPS) is 11.9. The number of methoxy groups -OCH3 is 1. The van der Waals surface area contributed by atoms with Gasteiger partial charge in [-0.05, 0) is 24.6 Å². The van der Waals surface area contributed by atoms with Crippen LogP contribution < -0.4 is 10.1 Å². The summed E-state index contributed by atoms with van der Waals surface area (Å²) in [7, 11) is 1.63. The van der Waals surface area contributed by atoms with Gasteiger partial charge < -0.3 is 14.8 Å². The van der Waals surface area contributed by atoms with Gasteiger partial charge in [-0.1, -0.05) is 30.3 Å². The maximum absolute atomic E-state index is 11.9. The fraction of sp³-hybridized carbons (Fsp3) is 0.263. The summed E-state index contributed by atoms with van der Waals surface area (Å²) in [6.45, 7) is 2.70. The molecule has 0 saturated carbocycles.